The zero-order valence-corrected chi connectivity index (χ0v) is 8.57. The van der Waals surface area contributed by atoms with E-state index in [0.29, 0.717) is 12.1 Å². The molecule has 0 heterocycles. The third-order valence-corrected chi connectivity index (χ3v) is 2.52. The number of nitrogens with one attached hydrogen (secondary N) is 1. The Bertz CT molecular complexity index is 273. The van der Waals surface area contributed by atoms with Crippen LogP contribution in [0.5, 0.6) is 0 Å². The first-order valence-electron chi connectivity index (χ1n) is 5.29. The fourth-order valence-electron chi connectivity index (χ4n) is 1.63. The van der Waals surface area contributed by atoms with Crippen LogP contribution in [0.1, 0.15) is 18.9 Å². The van der Waals surface area contributed by atoms with Gasteiger partial charge in [0.15, 0.2) is 0 Å². The Hall–Kier alpha value is -0.860. The molecule has 2 rings (SSSR count). The van der Waals surface area contributed by atoms with Gasteiger partial charge in [-0.1, -0.05) is 30.3 Å². The molecule has 0 aromatic heterocycles. The second-order valence-corrected chi connectivity index (χ2v) is 3.70. The van der Waals surface area contributed by atoms with Crippen molar-refractivity contribution in [1.29, 1.82) is 0 Å². The summed E-state index contributed by atoms with van der Waals surface area (Å²) in [5.41, 5.74) is 1.34. The van der Waals surface area contributed by atoms with E-state index in [1.54, 1.807) is 0 Å². The van der Waals surface area contributed by atoms with Crippen molar-refractivity contribution < 1.29 is 4.74 Å². The summed E-state index contributed by atoms with van der Waals surface area (Å²) in [7, 11) is 0. The molecule has 1 aromatic rings. The molecule has 0 aliphatic heterocycles. The SMILES string of the molecule is CCO[C@H]1C[C@@H]1NCc1ccccc1. The highest BCUT2D eigenvalue weighted by molar-refractivity contribution is 5.14. The van der Waals surface area contributed by atoms with Crippen molar-refractivity contribution in [3.8, 4) is 0 Å². The molecule has 0 amide bonds. The number of benzene rings is 1. The molecule has 14 heavy (non-hydrogen) atoms. The lowest BCUT2D eigenvalue weighted by atomic mass is 10.2. The Morgan fingerprint density at radius 3 is 2.86 bits per heavy atom. The molecule has 1 fully saturated rings. The van der Waals surface area contributed by atoms with Gasteiger partial charge in [-0.25, -0.2) is 0 Å². The second kappa shape index (κ2) is 4.58. The lowest BCUT2D eigenvalue weighted by Gasteiger charge is -2.03. The van der Waals surface area contributed by atoms with Crippen molar-refractivity contribution in [3.63, 3.8) is 0 Å². The predicted octanol–water partition coefficient (Wildman–Crippen LogP) is 1.95. The van der Waals surface area contributed by atoms with Crippen LogP contribution >= 0.6 is 0 Å². The maximum absolute atomic E-state index is 5.49. The van der Waals surface area contributed by atoms with Gasteiger partial charge in [0.25, 0.3) is 0 Å². The van der Waals surface area contributed by atoms with E-state index >= 15 is 0 Å². The summed E-state index contributed by atoms with van der Waals surface area (Å²) in [5, 5.41) is 3.48. The van der Waals surface area contributed by atoms with Crippen LogP contribution < -0.4 is 5.32 Å². The Labute approximate surface area is 85.3 Å². The lowest BCUT2D eigenvalue weighted by Crippen LogP contribution is -2.19. The van der Waals surface area contributed by atoms with Crippen LogP contribution in [-0.2, 0) is 11.3 Å². The van der Waals surface area contributed by atoms with E-state index in [1.165, 1.54) is 12.0 Å². The summed E-state index contributed by atoms with van der Waals surface area (Å²) >= 11 is 0. The first kappa shape index (κ1) is 9.69. The Morgan fingerprint density at radius 2 is 2.14 bits per heavy atom. The van der Waals surface area contributed by atoms with Gasteiger partial charge in [0.1, 0.15) is 0 Å². The molecular formula is C12H17NO. The molecule has 0 saturated heterocycles. The van der Waals surface area contributed by atoms with Gasteiger partial charge < -0.3 is 10.1 Å². The van der Waals surface area contributed by atoms with Crippen molar-refractivity contribution in [2.45, 2.75) is 32.0 Å². The van der Waals surface area contributed by atoms with E-state index in [-0.39, 0.29) is 0 Å². The Kier molecular flexibility index (Phi) is 3.17. The van der Waals surface area contributed by atoms with Gasteiger partial charge in [-0.3, -0.25) is 0 Å². The minimum atomic E-state index is 0.462. The van der Waals surface area contributed by atoms with Crippen LogP contribution in [0, 0.1) is 0 Å². The van der Waals surface area contributed by atoms with Crippen molar-refractivity contribution in [2.75, 3.05) is 6.61 Å². The van der Waals surface area contributed by atoms with Gasteiger partial charge in [-0.15, -0.1) is 0 Å². The van der Waals surface area contributed by atoms with Crippen LogP contribution in [0.3, 0.4) is 0 Å². The number of ether oxygens (including phenoxy) is 1. The molecule has 1 aliphatic rings. The topological polar surface area (TPSA) is 21.3 Å². The highest BCUT2D eigenvalue weighted by atomic mass is 16.5. The number of hydrogen-bond acceptors (Lipinski definition) is 2. The average molecular weight is 191 g/mol. The average Bonchev–Trinajstić information content (AvgIpc) is 2.96. The third-order valence-electron chi connectivity index (χ3n) is 2.52. The van der Waals surface area contributed by atoms with E-state index in [0.717, 1.165) is 13.2 Å². The summed E-state index contributed by atoms with van der Waals surface area (Å²) < 4.78 is 5.49. The first-order valence-corrected chi connectivity index (χ1v) is 5.29. The summed E-state index contributed by atoms with van der Waals surface area (Å²) in [6.07, 6.45) is 1.63. The summed E-state index contributed by atoms with van der Waals surface area (Å²) in [4.78, 5) is 0. The summed E-state index contributed by atoms with van der Waals surface area (Å²) in [6, 6.07) is 11.1. The minimum absolute atomic E-state index is 0.462. The molecule has 2 atom stereocenters. The van der Waals surface area contributed by atoms with E-state index in [4.69, 9.17) is 4.74 Å². The van der Waals surface area contributed by atoms with Crippen molar-refractivity contribution in [3.05, 3.63) is 35.9 Å². The van der Waals surface area contributed by atoms with Gasteiger partial charge in [-0.05, 0) is 18.9 Å². The molecule has 0 spiro atoms. The summed E-state index contributed by atoms with van der Waals surface area (Å²) in [5.74, 6) is 0. The highest BCUT2D eigenvalue weighted by Crippen LogP contribution is 2.25. The largest absolute Gasteiger partial charge is 0.377 e. The Balaban J connectivity index is 1.70. The van der Waals surface area contributed by atoms with E-state index < -0.39 is 0 Å². The van der Waals surface area contributed by atoms with Gasteiger partial charge in [0.2, 0.25) is 0 Å². The fraction of sp³-hybridized carbons (Fsp3) is 0.500. The number of rotatable bonds is 5. The van der Waals surface area contributed by atoms with Crippen LogP contribution in [0.25, 0.3) is 0 Å². The molecule has 2 nitrogen and oxygen atoms in total. The fourth-order valence-corrected chi connectivity index (χ4v) is 1.63. The zero-order chi connectivity index (χ0) is 9.80. The molecule has 0 bridgehead atoms. The van der Waals surface area contributed by atoms with Gasteiger partial charge >= 0.3 is 0 Å². The quantitative estimate of drug-likeness (QED) is 0.768. The molecule has 1 aliphatic carbocycles. The van der Waals surface area contributed by atoms with Crippen LogP contribution in [0.4, 0.5) is 0 Å². The van der Waals surface area contributed by atoms with Crippen molar-refractivity contribution in [1.82, 2.24) is 5.32 Å². The van der Waals surface area contributed by atoms with Crippen LogP contribution in [0.15, 0.2) is 30.3 Å². The normalized spacial score (nSPS) is 24.9. The van der Waals surface area contributed by atoms with Gasteiger partial charge in [-0.2, -0.15) is 0 Å². The maximum Gasteiger partial charge on any atom is 0.0744 e. The second-order valence-electron chi connectivity index (χ2n) is 3.70. The predicted molar refractivity (Wildman–Crippen MR) is 57.1 cm³/mol. The number of hydrogen-bond donors (Lipinski definition) is 1. The first-order chi connectivity index (χ1) is 6.90. The van der Waals surface area contributed by atoms with Crippen molar-refractivity contribution in [2.24, 2.45) is 0 Å². The zero-order valence-electron chi connectivity index (χ0n) is 8.57. The lowest BCUT2D eigenvalue weighted by molar-refractivity contribution is 0.125. The maximum atomic E-state index is 5.49. The molecule has 0 radical (unpaired) electrons. The molecule has 1 N–H and O–H groups in total. The third kappa shape index (κ3) is 2.56. The van der Waals surface area contributed by atoms with Crippen molar-refractivity contribution >= 4 is 0 Å². The molecule has 0 unspecified atom stereocenters. The van der Waals surface area contributed by atoms with E-state index in [1.807, 2.05) is 13.0 Å². The molecular weight excluding hydrogens is 174 g/mol. The molecule has 1 saturated carbocycles. The van der Waals surface area contributed by atoms with Gasteiger partial charge in [0, 0.05) is 19.2 Å². The van der Waals surface area contributed by atoms with Gasteiger partial charge in [0.05, 0.1) is 6.10 Å². The van der Waals surface area contributed by atoms with E-state index in [2.05, 4.69) is 29.6 Å². The minimum Gasteiger partial charge on any atom is -0.377 e. The standard InChI is InChI=1S/C12H17NO/c1-2-14-12-8-11(12)13-9-10-6-4-3-5-7-10/h3-7,11-13H,2,8-9H2,1H3/t11-,12-/m0/s1. The van der Waals surface area contributed by atoms with Crippen LogP contribution in [0.2, 0.25) is 0 Å². The highest BCUT2D eigenvalue weighted by Gasteiger charge is 2.37. The van der Waals surface area contributed by atoms with E-state index in [9.17, 15) is 0 Å². The monoisotopic (exact) mass is 191 g/mol. The molecule has 1 aromatic carbocycles. The Morgan fingerprint density at radius 1 is 1.36 bits per heavy atom. The molecule has 76 valence electrons. The van der Waals surface area contributed by atoms with Crippen LogP contribution in [-0.4, -0.2) is 18.8 Å². The smallest absolute Gasteiger partial charge is 0.0744 e. The molecule has 2 heteroatoms. The summed E-state index contributed by atoms with van der Waals surface area (Å²) in [6.45, 7) is 3.83.